The van der Waals surface area contributed by atoms with Crippen molar-refractivity contribution in [2.75, 3.05) is 17.6 Å². The number of nitrogens with zero attached hydrogens (tertiary/aromatic N) is 2. The maximum absolute atomic E-state index is 12.1. The standard InChI is InChI=1S/C18H18N4O3S/c23-16(12-26-11-15-5-1-2-7-19-15)21-14-6-3-4-13(8-14)10-22-17(24)9-20-18(22)25/h1-8H,9-12H2,(H,20,25)(H,21,23). The van der Waals surface area contributed by atoms with Gasteiger partial charge in [-0.25, -0.2) is 4.79 Å². The lowest BCUT2D eigenvalue weighted by molar-refractivity contribution is -0.125. The van der Waals surface area contributed by atoms with Crippen molar-refractivity contribution in [3.05, 3.63) is 59.9 Å². The number of imide groups is 1. The smallest absolute Gasteiger partial charge is 0.324 e. The molecule has 0 unspecified atom stereocenters. The van der Waals surface area contributed by atoms with Crippen LogP contribution in [-0.4, -0.2) is 40.0 Å². The van der Waals surface area contributed by atoms with Crippen molar-refractivity contribution in [3.63, 3.8) is 0 Å². The molecule has 1 saturated heterocycles. The highest BCUT2D eigenvalue weighted by Crippen LogP contribution is 2.15. The fourth-order valence-corrected chi connectivity index (χ4v) is 3.21. The summed E-state index contributed by atoms with van der Waals surface area (Å²) >= 11 is 1.48. The first kappa shape index (κ1) is 17.9. The van der Waals surface area contributed by atoms with Gasteiger partial charge in [0.25, 0.3) is 0 Å². The molecule has 3 rings (SSSR count). The summed E-state index contributed by atoms with van der Waals surface area (Å²) < 4.78 is 0. The molecule has 134 valence electrons. The monoisotopic (exact) mass is 370 g/mol. The van der Waals surface area contributed by atoms with Gasteiger partial charge in [0, 0.05) is 17.6 Å². The number of urea groups is 1. The molecule has 2 N–H and O–H groups in total. The van der Waals surface area contributed by atoms with Crippen LogP contribution in [0, 0.1) is 0 Å². The van der Waals surface area contributed by atoms with Crippen molar-refractivity contribution < 1.29 is 14.4 Å². The Hall–Kier alpha value is -2.87. The summed E-state index contributed by atoms with van der Waals surface area (Å²) in [6.07, 6.45) is 1.73. The largest absolute Gasteiger partial charge is 0.329 e. The van der Waals surface area contributed by atoms with Crippen LogP contribution in [0.15, 0.2) is 48.7 Å². The van der Waals surface area contributed by atoms with Crippen LogP contribution in [0.3, 0.4) is 0 Å². The highest BCUT2D eigenvalue weighted by Gasteiger charge is 2.28. The molecule has 4 amide bonds. The first-order valence-corrected chi connectivity index (χ1v) is 9.22. The van der Waals surface area contributed by atoms with E-state index in [2.05, 4.69) is 15.6 Å². The Labute approximate surface area is 155 Å². The summed E-state index contributed by atoms with van der Waals surface area (Å²) in [7, 11) is 0. The lowest BCUT2D eigenvalue weighted by Crippen LogP contribution is -2.30. The number of thioether (sulfide) groups is 1. The van der Waals surface area contributed by atoms with E-state index in [0.29, 0.717) is 17.2 Å². The van der Waals surface area contributed by atoms with Crippen molar-refractivity contribution in [3.8, 4) is 0 Å². The maximum Gasteiger partial charge on any atom is 0.324 e. The van der Waals surface area contributed by atoms with Gasteiger partial charge in [0.1, 0.15) is 0 Å². The van der Waals surface area contributed by atoms with Gasteiger partial charge >= 0.3 is 6.03 Å². The third kappa shape index (κ3) is 4.82. The van der Waals surface area contributed by atoms with E-state index >= 15 is 0 Å². The lowest BCUT2D eigenvalue weighted by Gasteiger charge is -2.13. The number of benzene rings is 1. The van der Waals surface area contributed by atoms with Crippen molar-refractivity contribution >= 4 is 35.3 Å². The molecule has 26 heavy (non-hydrogen) atoms. The number of pyridine rings is 1. The van der Waals surface area contributed by atoms with Crippen LogP contribution >= 0.6 is 11.8 Å². The number of hydrogen-bond donors (Lipinski definition) is 2. The topological polar surface area (TPSA) is 91.4 Å². The van der Waals surface area contributed by atoms with Crippen LogP contribution < -0.4 is 10.6 Å². The predicted molar refractivity (Wildman–Crippen MR) is 99.4 cm³/mol. The number of anilines is 1. The average Bonchev–Trinajstić information content (AvgIpc) is 2.95. The quantitative estimate of drug-likeness (QED) is 0.728. The third-order valence-electron chi connectivity index (χ3n) is 3.70. The Kier molecular flexibility index (Phi) is 5.85. The Morgan fingerprint density at radius 3 is 2.85 bits per heavy atom. The van der Waals surface area contributed by atoms with E-state index in [9.17, 15) is 14.4 Å². The zero-order chi connectivity index (χ0) is 18.4. The minimum atomic E-state index is -0.393. The molecule has 8 heteroatoms. The molecular formula is C18H18N4O3S. The zero-order valence-electron chi connectivity index (χ0n) is 14.0. The van der Waals surface area contributed by atoms with Gasteiger partial charge < -0.3 is 10.6 Å². The van der Waals surface area contributed by atoms with Crippen molar-refractivity contribution in [2.45, 2.75) is 12.3 Å². The van der Waals surface area contributed by atoms with Gasteiger partial charge in [-0.15, -0.1) is 11.8 Å². The third-order valence-corrected chi connectivity index (χ3v) is 4.66. The summed E-state index contributed by atoms with van der Waals surface area (Å²) in [5.41, 5.74) is 2.34. The second kappa shape index (κ2) is 8.48. The van der Waals surface area contributed by atoms with E-state index in [1.165, 1.54) is 11.8 Å². The van der Waals surface area contributed by atoms with E-state index < -0.39 is 6.03 Å². The van der Waals surface area contributed by atoms with E-state index in [4.69, 9.17) is 0 Å². The molecule has 2 aromatic rings. The SMILES string of the molecule is O=C(CSCc1ccccn1)Nc1cccc(CN2C(=O)CNC2=O)c1. The molecule has 1 aliphatic heterocycles. The molecule has 1 aromatic heterocycles. The number of carbonyl (C=O) groups is 3. The van der Waals surface area contributed by atoms with Crippen LogP contribution in [-0.2, 0) is 21.9 Å². The molecule has 2 heterocycles. The van der Waals surface area contributed by atoms with Crippen LogP contribution in [0.2, 0.25) is 0 Å². The molecule has 0 aliphatic carbocycles. The van der Waals surface area contributed by atoms with Crippen LogP contribution in [0.1, 0.15) is 11.3 Å². The summed E-state index contributed by atoms with van der Waals surface area (Å²) in [4.78, 5) is 40.7. The highest BCUT2D eigenvalue weighted by molar-refractivity contribution is 7.99. The molecule has 1 aliphatic rings. The van der Waals surface area contributed by atoms with E-state index in [0.717, 1.165) is 16.2 Å². The fraction of sp³-hybridized carbons (Fsp3) is 0.222. The normalized spacial score (nSPS) is 13.6. The van der Waals surface area contributed by atoms with Gasteiger partial charge in [0.05, 0.1) is 24.5 Å². The summed E-state index contributed by atoms with van der Waals surface area (Å²) in [6.45, 7) is 0.214. The molecule has 0 saturated carbocycles. The summed E-state index contributed by atoms with van der Waals surface area (Å²) in [5.74, 6) is 0.613. The van der Waals surface area contributed by atoms with Crippen molar-refractivity contribution in [1.29, 1.82) is 0 Å². The number of hydrogen-bond acceptors (Lipinski definition) is 5. The summed E-state index contributed by atoms with van der Waals surface area (Å²) in [5, 5.41) is 5.31. The predicted octanol–water partition coefficient (Wildman–Crippen LogP) is 2.01. The van der Waals surface area contributed by atoms with E-state index in [-0.39, 0.29) is 24.9 Å². The average molecular weight is 370 g/mol. The molecular weight excluding hydrogens is 352 g/mol. The van der Waals surface area contributed by atoms with E-state index in [1.807, 2.05) is 24.3 Å². The van der Waals surface area contributed by atoms with Crippen LogP contribution in [0.5, 0.6) is 0 Å². The summed E-state index contributed by atoms with van der Waals surface area (Å²) in [6, 6.07) is 12.4. The van der Waals surface area contributed by atoms with Crippen LogP contribution in [0.25, 0.3) is 0 Å². The van der Waals surface area contributed by atoms with Gasteiger partial charge in [0.2, 0.25) is 11.8 Å². The first-order valence-electron chi connectivity index (χ1n) is 8.06. The van der Waals surface area contributed by atoms with E-state index in [1.54, 1.807) is 24.4 Å². The molecule has 7 nitrogen and oxygen atoms in total. The van der Waals surface area contributed by atoms with Crippen molar-refractivity contribution in [1.82, 2.24) is 15.2 Å². The van der Waals surface area contributed by atoms with Gasteiger partial charge in [-0.3, -0.25) is 19.5 Å². The van der Waals surface area contributed by atoms with Crippen molar-refractivity contribution in [2.24, 2.45) is 0 Å². The Morgan fingerprint density at radius 1 is 1.23 bits per heavy atom. The number of nitrogens with one attached hydrogen (secondary N) is 2. The first-order chi connectivity index (χ1) is 12.6. The Balaban J connectivity index is 1.50. The highest BCUT2D eigenvalue weighted by atomic mass is 32.2. The minimum absolute atomic E-state index is 0.0305. The van der Waals surface area contributed by atoms with Gasteiger partial charge in [0.15, 0.2) is 0 Å². The van der Waals surface area contributed by atoms with Gasteiger partial charge in [-0.2, -0.15) is 0 Å². The molecule has 0 spiro atoms. The molecule has 1 aromatic carbocycles. The second-order valence-corrected chi connectivity index (χ2v) is 6.69. The number of amides is 4. The molecule has 0 radical (unpaired) electrons. The molecule has 0 atom stereocenters. The fourth-order valence-electron chi connectivity index (χ4n) is 2.47. The van der Waals surface area contributed by atoms with Gasteiger partial charge in [-0.05, 0) is 29.8 Å². The lowest BCUT2D eigenvalue weighted by atomic mass is 10.2. The van der Waals surface area contributed by atoms with Gasteiger partial charge in [-0.1, -0.05) is 18.2 Å². The molecule has 0 bridgehead atoms. The Bertz CT molecular complexity index is 797. The van der Waals surface area contributed by atoms with Crippen LogP contribution in [0.4, 0.5) is 10.5 Å². The molecule has 1 fully saturated rings. The number of rotatable bonds is 7. The zero-order valence-corrected chi connectivity index (χ0v) is 14.8. The maximum atomic E-state index is 12.1. The second-order valence-electron chi connectivity index (χ2n) is 5.70. The number of carbonyl (C=O) groups excluding carboxylic acids is 3. The number of aromatic nitrogens is 1. The minimum Gasteiger partial charge on any atom is -0.329 e. The Morgan fingerprint density at radius 2 is 2.12 bits per heavy atom.